The van der Waals surface area contributed by atoms with E-state index in [1.54, 1.807) is 6.92 Å². The van der Waals surface area contributed by atoms with E-state index in [0.717, 1.165) is 11.6 Å². The fourth-order valence-corrected chi connectivity index (χ4v) is 2.44. The fourth-order valence-electron chi connectivity index (χ4n) is 2.19. The Hall–Kier alpha value is -1.91. The third-order valence-electron chi connectivity index (χ3n) is 3.60. The largest absolute Gasteiger partial charge is 0.388 e. The maximum absolute atomic E-state index is 13.0. The lowest BCUT2D eigenvalue weighted by Crippen LogP contribution is -2.41. The molecule has 0 aliphatic carbocycles. The normalized spacial score (nSPS) is 13.4. The molecule has 2 aromatic carbocycles. The minimum absolute atomic E-state index is 0.0476. The highest BCUT2D eigenvalue weighted by Gasteiger charge is 2.22. The van der Waals surface area contributed by atoms with Gasteiger partial charge < -0.3 is 10.4 Å². The average Bonchev–Trinajstić information content (AvgIpc) is 2.52. The zero-order chi connectivity index (χ0) is 16.9. The van der Waals surface area contributed by atoms with Crippen LogP contribution in [0.15, 0.2) is 48.5 Å². The lowest BCUT2D eigenvalue weighted by Gasteiger charge is -2.24. The summed E-state index contributed by atoms with van der Waals surface area (Å²) < 4.78 is 13.0. The van der Waals surface area contributed by atoms with Gasteiger partial charge in [-0.05, 0) is 43.5 Å². The van der Waals surface area contributed by atoms with Crippen LogP contribution in [-0.2, 0) is 6.42 Å². The van der Waals surface area contributed by atoms with Crippen LogP contribution in [0.2, 0.25) is 5.02 Å². The number of hydrogen-bond donors (Lipinski definition) is 2. The number of benzene rings is 2. The minimum Gasteiger partial charge on any atom is -0.388 e. The number of nitrogens with one attached hydrogen (secondary N) is 1. The molecule has 5 heteroatoms. The molecule has 0 radical (unpaired) electrons. The molecular formula is C18H19ClFNO2. The zero-order valence-corrected chi connectivity index (χ0v) is 13.6. The molecule has 0 saturated heterocycles. The Morgan fingerprint density at radius 1 is 1.26 bits per heavy atom. The summed E-state index contributed by atoms with van der Waals surface area (Å²) in [5, 5.41) is 13.1. The second kappa shape index (κ2) is 7.57. The molecule has 2 rings (SSSR count). The number of aryl methyl sites for hydroxylation is 1. The molecule has 0 aromatic heterocycles. The highest BCUT2D eigenvalue weighted by Crippen LogP contribution is 2.18. The number of carbonyl (C=O) groups excluding carboxylic acids is 1. The van der Waals surface area contributed by atoms with Crippen LogP contribution in [0.1, 0.15) is 29.3 Å². The Balaban J connectivity index is 1.89. The first-order valence-corrected chi connectivity index (χ1v) is 7.75. The van der Waals surface area contributed by atoms with E-state index in [1.807, 2.05) is 30.3 Å². The van der Waals surface area contributed by atoms with Crippen molar-refractivity contribution in [2.24, 2.45) is 0 Å². The van der Waals surface area contributed by atoms with Gasteiger partial charge in [0.05, 0.1) is 16.2 Å². The van der Waals surface area contributed by atoms with Crippen molar-refractivity contribution in [3.63, 3.8) is 0 Å². The molecule has 0 fully saturated rings. The number of rotatable bonds is 6. The molecule has 1 atom stereocenters. The van der Waals surface area contributed by atoms with E-state index in [-0.39, 0.29) is 17.1 Å². The van der Waals surface area contributed by atoms with Crippen LogP contribution in [0.25, 0.3) is 0 Å². The van der Waals surface area contributed by atoms with E-state index in [9.17, 15) is 14.3 Å². The highest BCUT2D eigenvalue weighted by atomic mass is 35.5. The van der Waals surface area contributed by atoms with Gasteiger partial charge in [-0.3, -0.25) is 4.79 Å². The SMILES string of the molecule is CC(O)(CCc1ccccc1)CNC(=O)c1ccc(F)cc1Cl. The van der Waals surface area contributed by atoms with Gasteiger partial charge in [0.1, 0.15) is 5.82 Å². The zero-order valence-electron chi connectivity index (χ0n) is 12.9. The molecule has 3 nitrogen and oxygen atoms in total. The van der Waals surface area contributed by atoms with E-state index in [1.165, 1.54) is 12.1 Å². The molecule has 0 spiro atoms. The van der Waals surface area contributed by atoms with Crippen molar-refractivity contribution >= 4 is 17.5 Å². The molecule has 0 aliphatic heterocycles. The monoisotopic (exact) mass is 335 g/mol. The molecule has 2 N–H and O–H groups in total. The number of halogens is 2. The predicted molar refractivity (Wildman–Crippen MR) is 89.1 cm³/mol. The van der Waals surface area contributed by atoms with Gasteiger partial charge in [-0.1, -0.05) is 41.9 Å². The second-order valence-corrected chi connectivity index (χ2v) is 6.20. The molecule has 23 heavy (non-hydrogen) atoms. The average molecular weight is 336 g/mol. The molecule has 0 aliphatic rings. The maximum atomic E-state index is 13.0. The van der Waals surface area contributed by atoms with E-state index in [4.69, 9.17) is 11.6 Å². The first-order valence-electron chi connectivity index (χ1n) is 7.37. The molecular weight excluding hydrogens is 317 g/mol. The van der Waals surface area contributed by atoms with Crippen molar-refractivity contribution in [3.8, 4) is 0 Å². The molecule has 0 saturated carbocycles. The quantitative estimate of drug-likeness (QED) is 0.847. The first-order chi connectivity index (χ1) is 10.9. The van der Waals surface area contributed by atoms with Crippen LogP contribution in [-0.4, -0.2) is 23.2 Å². The lowest BCUT2D eigenvalue weighted by atomic mass is 9.96. The smallest absolute Gasteiger partial charge is 0.252 e. The Morgan fingerprint density at radius 3 is 2.61 bits per heavy atom. The van der Waals surface area contributed by atoms with E-state index < -0.39 is 17.3 Å². The minimum atomic E-state index is -1.04. The summed E-state index contributed by atoms with van der Waals surface area (Å²) in [5.41, 5.74) is 0.269. The summed E-state index contributed by atoms with van der Waals surface area (Å²) in [6, 6.07) is 13.4. The number of amides is 1. The number of aliphatic hydroxyl groups is 1. The van der Waals surface area contributed by atoms with Crippen LogP contribution in [0.4, 0.5) is 4.39 Å². The van der Waals surface area contributed by atoms with Gasteiger partial charge in [-0.2, -0.15) is 0 Å². The van der Waals surface area contributed by atoms with Crippen molar-refractivity contribution in [2.45, 2.75) is 25.4 Å². The van der Waals surface area contributed by atoms with Crippen molar-refractivity contribution in [1.82, 2.24) is 5.32 Å². The van der Waals surface area contributed by atoms with Crippen LogP contribution in [0.3, 0.4) is 0 Å². The highest BCUT2D eigenvalue weighted by molar-refractivity contribution is 6.33. The number of hydrogen-bond acceptors (Lipinski definition) is 2. The first kappa shape index (κ1) is 17.4. The van der Waals surface area contributed by atoms with Gasteiger partial charge in [0.25, 0.3) is 5.91 Å². The van der Waals surface area contributed by atoms with E-state index >= 15 is 0 Å². The second-order valence-electron chi connectivity index (χ2n) is 5.79. The Bertz CT molecular complexity index is 674. The summed E-state index contributed by atoms with van der Waals surface area (Å²) in [6.45, 7) is 1.76. The van der Waals surface area contributed by atoms with Gasteiger partial charge in [0, 0.05) is 6.54 Å². The van der Waals surface area contributed by atoms with Crippen LogP contribution in [0, 0.1) is 5.82 Å². The maximum Gasteiger partial charge on any atom is 0.252 e. The van der Waals surface area contributed by atoms with E-state index in [2.05, 4.69) is 5.32 Å². The predicted octanol–water partition coefficient (Wildman–Crippen LogP) is 3.59. The summed E-state index contributed by atoms with van der Waals surface area (Å²) in [4.78, 5) is 12.1. The van der Waals surface area contributed by atoms with Crippen molar-refractivity contribution in [2.75, 3.05) is 6.54 Å². The van der Waals surface area contributed by atoms with Gasteiger partial charge in [0.2, 0.25) is 0 Å². The summed E-state index contributed by atoms with van der Waals surface area (Å²) in [5.74, 6) is -0.934. The third kappa shape index (κ3) is 5.34. The topological polar surface area (TPSA) is 49.3 Å². The molecule has 0 bridgehead atoms. The Kier molecular flexibility index (Phi) is 5.74. The van der Waals surface area contributed by atoms with Crippen LogP contribution >= 0.6 is 11.6 Å². The third-order valence-corrected chi connectivity index (χ3v) is 3.91. The molecule has 1 amide bonds. The van der Waals surface area contributed by atoms with Gasteiger partial charge in [0.15, 0.2) is 0 Å². The molecule has 122 valence electrons. The summed E-state index contributed by atoms with van der Waals surface area (Å²) in [7, 11) is 0. The van der Waals surface area contributed by atoms with Crippen LogP contribution in [0.5, 0.6) is 0 Å². The van der Waals surface area contributed by atoms with Crippen molar-refractivity contribution in [1.29, 1.82) is 0 Å². The van der Waals surface area contributed by atoms with Gasteiger partial charge in [-0.15, -0.1) is 0 Å². The molecule has 0 heterocycles. The molecule has 1 unspecified atom stereocenters. The van der Waals surface area contributed by atoms with E-state index in [0.29, 0.717) is 12.8 Å². The van der Waals surface area contributed by atoms with Crippen LogP contribution < -0.4 is 5.32 Å². The summed E-state index contributed by atoms with van der Waals surface area (Å²) in [6.07, 6.45) is 1.22. The van der Waals surface area contributed by atoms with Gasteiger partial charge >= 0.3 is 0 Å². The molecule has 2 aromatic rings. The number of carbonyl (C=O) groups is 1. The standard InChI is InChI=1S/C18H19ClFNO2/c1-18(23,10-9-13-5-3-2-4-6-13)12-21-17(22)15-8-7-14(20)11-16(15)19/h2-8,11,23H,9-10,12H2,1H3,(H,21,22). The van der Waals surface area contributed by atoms with Crippen molar-refractivity contribution in [3.05, 3.63) is 70.5 Å². The Labute approximate surface area is 140 Å². The lowest BCUT2D eigenvalue weighted by molar-refractivity contribution is 0.0478. The van der Waals surface area contributed by atoms with Gasteiger partial charge in [-0.25, -0.2) is 4.39 Å². The van der Waals surface area contributed by atoms with Crippen molar-refractivity contribution < 1.29 is 14.3 Å². The summed E-state index contributed by atoms with van der Waals surface area (Å²) >= 11 is 5.85. The Morgan fingerprint density at radius 2 is 1.96 bits per heavy atom. The fraction of sp³-hybridized carbons (Fsp3) is 0.278.